The van der Waals surface area contributed by atoms with Gasteiger partial charge in [0.15, 0.2) is 0 Å². The summed E-state index contributed by atoms with van der Waals surface area (Å²) >= 11 is 0. The fourth-order valence-electron chi connectivity index (χ4n) is 2.87. The molecule has 6 nitrogen and oxygen atoms in total. The maximum atomic E-state index is 12.3. The van der Waals surface area contributed by atoms with Crippen molar-refractivity contribution in [1.29, 1.82) is 0 Å². The quantitative estimate of drug-likeness (QED) is 0.546. The highest BCUT2D eigenvalue weighted by atomic mass is 32.2. The highest BCUT2D eigenvalue weighted by Gasteiger charge is 2.26. The summed E-state index contributed by atoms with van der Waals surface area (Å²) in [6.07, 6.45) is 3.34. The lowest BCUT2D eigenvalue weighted by Crippen LogP contribution is -2.03. The van der Waals surface area contributed by atoms with Gasteiger partial charge in [-0.05, 0) is 42.0 Å². The van der Waals surface area contributed by atoms with E-state index in [2.05, 4.69) is 10.3 Å². The number of carbonyl (C=O) groups excluding carboxylic acids is 1. The second-order valence-electron chi connectivity index (χ2n) is 5.61. The van der Waals surface area contributed by atoms with E-state index in [1.54, 1.807) is 18.3 Å². The zero-order chi connectivity index (χ0) is 17.6. The first-order chi connectivity index (χ1) is 11.9. The number of carbonyl (C=O) groups is 1. The lowest BCUT2D eigenvalue weighted by molar-refractivity contribution is -0.110. The van der Waals surface area contributed by atoms with Crippen LogP contribution in [-0.4, -0.2) is 23.9 Å². The molecular formula is C18H12N2O4S. The minimum atomic E-state index is -4.35. The van der Waals surface area contributed by atoms with Crippen molar-refractivity contribution in [2.24, 2.45) is 0 Å². The average molecular weight is 352 g/mol. The molecule has 2 heterocycles. The van der Waals surface area contributed by atoms with Gasteiger partial charge in [0.1, 0.15) is 0 Å². The third-order valence-corrected chi connectivity index (χ3v) is 4.90. The summed E-state index contributed by atoms with van der Waals surface area (Å²) in [5, 5.41) is 3.57. The van der Waals surface area contributed by atoms with Crippen LogP contribution < -0.4 is 5.32 Å². The molecule has 2 N–H and O–H groups in total. The van der Waals surface area contributed by atoms with Crippen LogP contribution in [0.3, 0.4) is 0 Å². The minimum absolute atomic E-state index is 0.256. The topological polar surface area (TPSA) is 96.4 Å². The van der Waals surface area contributed by atoms with Crippen molar-refractivity contribution in [3.05, 3.63) is 65.9 Å². The molecule has 0 bridgehead atoms. The molecule has 7 heteroatoms. The maximum Gasteiger partial charge on any atom is 0.294 e. The largest absolute Gasteiger partial charge is 0.321 e. The van der Waals surface area contributed by atoms with E-state index < -0.39 is 10.1 Å². The Bertz CT molecular complexity index is 1160. The molecule has 0 fully saturated rings. The number of anilines is 1. The lowest BCUT2D eigenvalue weighted by atomic mass is 10.0. The zero-order valence-electron chi connectivity index (χ0n) is 12.8. The molecule has 1 aliphatic rings. The number of benzene rings is 2. The molecule has 1 aliphatic heterocycles. The summed E-state index contributed by atoms with van der Waals surface area (Å²) in [4.78, 5) is 16.4. The van der Waals surface area contributed by atoms with Crippen LogP contribution in [0.5, 0.6) is 0 Å². The van der Waals surface area contributed by atoms with E-state index >= 15 is 0 Å². The van der Waals surface area contributed by atoms with Gasteiger partial charge in [-0.1, -0.05) is 18.2 Å². The first-order valence-corrected chi connectivity index (χ1v) is 8.86. The van der Waals surface area contributed by atoms with E-state index in [0.717, 1.165) is 16.5 Å². The monoisotopic (exact) mass is 352 g/mol. The van der Waals surface area contributed by atoms with E-state index in [1.165, 1.54) is 18.2 Å². The smallest absolute Gasteiger partial charge is 0.294 e. The number of amides is 1. The van der Waals surface area contributed by atoms with Crippen molar-refractivity contribution >= 4 is 44.3 Å². The highest BCUT2D eigenvalue weighted by Crippen LogP contribution is 2.35. The number of hydrogen-bond acceptors (Lipinski definition) is 4. The maximum absolute atomic E-state index is 12.3. The predicted octanol–water partition coefficient (Wildman–Crippen LogP) is 2.97. The molecule has 1 aromatic heterocycles. The zero-order valence-corrected chi connectivity index (χ0v) is 13.6. The predicted molar refractivity (Wildman–Crippen MR) is 94.5 cm³/mol. The van der Waals surface area contributed by atoms with Gasteiger partial charge >= 0.3 is 0 Å². The van der Waals surface area contributed by atoms with E-state index in [9.17, 15) is 17.8 Å². The molecule has 0 unspecified atom stereocenters. The van der Waals surface area contributed by atoms with Crippen LogP contribution >= 0.6 is 0 Å². The number of nitrogens with zero attached hydrogens (tertiary/aromatic N) is 1. The Balaban J connectivity index is 1.92. The van der Waals surface area contributed by atoms with Gasteiger partial charge in [-0.2, -0.15) is 8.42 Å². The van der Waals surface area contributed by atoms with Gasteiger partial charge in [0, 0.05) is 28.4 Å². The molecule has 25 heavy (non-hydrogen) atoms. The van der Waals surface area contributed by atoms with E-state index in [0.29, 0.717) is 16.8 Å². The van der Waals surface area contributed by atoms with Gasteiger partial charge in [0.2, 0.25) is 0 Å². The van der Waals surface area contributed by atoms with Crippen LogP contribution in [0, 0.1) is 0 Å². The molecular weight excluding hydrogens is 340 g/mol. The normalized spacial score (nSPS) is 15.4. The van der Waals surface area contributed by atoms with Crippen LogP contribution in [0.4, 0.5) is 5.69 Å². The van der Waals surface area contributed by atoms with E-state index in [-0.39, 0.29) is 10.8 Å². The van der Waals surface area contributed by atoms with E-state index in [4.69, 9.17) is 0 Å². The molecule has 0 saturated heterocycles. The van der Waals surface area contributed by atoms with Crippen molar-refractivity contribution in [3.63, 3.8) is 0 Å². The Morgan fingerprint density at radius 1 is 1.08 bits per heavy atom. The molecule has 0 atom stereocenters. The number of rotatable bonds is 2. The van der Waals surface area contributed by atoms with Crippen LogP contribution in [-0.2, 0) is 14.9 Å². The molecule has 0 saturated carbocycles. The highest BCUT2D eigenvalue weighted by molar-refractivity contribution is 7.85. The summed E-state index contributed by atoms with van der Waals surface area (Å²) in [7, 11) is -4.35. The van der Waals surface area contributed by atoms with Gasteiger partial charge in [-0.15, -0.1) is 0 Å². The number of pyridine rings is 1. The first kappa shape index (κ1) is 15.5. The van der Waals surface area contributed by atoms with Crippen molar-refractivity contribution in [2.45, 2.75) is 4.90 Å². The second-order valence-corrected chi connectivity index (χ2v) is 7.03. The Hall–Kier alpha value is -3.03. The Morgan fingerprint density at radius 2 is 1.88 bits per heavy atom. The van der Waals surface area contributed by atoms with E-state index in [1.807, 2.05) is 24.3 Å². The number of fused-ring (bicyclic) bond motifs is 2. The molecule has 2 aromatic carbocycles. The first-order valence-electron chi connectivity index (χ1n) is 7.42. The Kier molecular flexibility index (Phi) is 3.41. The average Bonchev–Trinajstić information content (AvgIpc) is 2.89. The minimum Gasteiger partial charge on any atom is -0.321 e. The second kappa shape index (κ2) is 5.51. The fourth-order valence-corrected chi connectivity index (χ4v) is 3.38. The number of para-hydroxylation sites is 1. The number of hydrogen-bond donors (Lipinski definition) is 2. The molecule has 1 amide bonds. The lowest BCUT2D eigenvalue weighted by Gasteiger charge is -2.04. The number of nitrogens with one attached hydrogen (secondary N) is 1. The molecule has 4 rings (SSSR count). The van der Waals surface area contributed by atoms with Crippen molar-refractivity contribution in [1.82, 2.24) is 4.98 Å². The van der Waals surface area contributed by atoms with Gasteiger partial charge in [0.25, 0.3) is 16.0 Å². The summed E-state index contributed by atoms with van der Waals surface area (Å²) in [6.45, 7) is 0. The van der Waals surface area contributed by atoms with Crippen molar-refractivity contribution < 1.29 is 17.8 Å². The SMILES string of the molecule is O=C1Nc2ccc(S(=O)(=O)O)cc2C1=Cc1ccnc2ccccc12. The Morgan fingerprint density at radius 3 is 2.68 bits per heavy atom. The summed E-state index contributed by atoms with van der Waals surface area (Å²) < 4.78 is 32.0. The fraction of sp³-hybridized carbons (Fsp3) is 0. The van der Waals surface area contributed by atoms with Crippen molar-refractivity contribution in [3.8, 4) is 0 Å². The number of aromatic nitrogens is 1. The van der Waals surface area contributed by atoms with Crippen molar-refractivity contribution in [2.75, 3.05) is 5.32 Å². The van der Waals surface area contributed by atoms with Gasteiger partial charge in [0.05, 0.1) is 10.4 Å². The molecule has 0 radical (unpaired) electrons. The summed E-state index contributed by atoms with van der Waals surface area (Å²) in [5.74, 6) is -0.330. The summed E-state index contributed by atoms with van der Waals surface area (Å²) in [6, 6.07) is 13.3. The molecule has 0 spiro atoms. The van der Waals surface area contributed by atoms with Gasteiger partial charge in [-0.25, -0.2) is 0 Å². The molecule has 0 aliphatic carbocycles. The van der Waals surface area contributed by atoms with Crippen LogP contribution in [0.25, 0.3) is 22.6 Å². The van der Waals surface area contributed by atoms with Gasteiger partial charge in [-0.3, -0.25) is 14.3 Å². The third-order valence-electron chi connectivity index (χ3n) is 4.05. The van der Waals surface area contributed by atoms with Crippen LogP contribution in [0.1, 0.15) is 11.1 Å². The Labute approximate surface area is 143 Å². The summed E-state index contributed by atoms with van der Waals surface area (Å²) in [5.41, 5.74) is 2.85. The van der Waals surface area contributed by atoms with Gasteiger partial charge < -0.3 is 5.32 Å². The van der Waals surface area contributed by atoms with Crippen LogP contribution in [0.15, 0.2) is 59.6 Å². The molecule has 3 aromatic rings. The molecule has 124 valence electrons. The third kappa shape index (κ3) is 2.69. The standard InChI is InChI=1S/C18H12N2O4S/c21-18-15(9-11-7-8-19-16-4-2-1-3-13(11)16)14-10-12(25(22,23)24)5-6-17(14)20-18/h1-10H,(H,20,21)(H,22,23,24). The van der Waals surface area contributed by atoms with Crippen LogP contribution in [0.2, 0.25) is 0 Å².